The van der Waals surface area contributed by atoms with Gasteiger partial charge in [-0.05, 0) is 157 Å². The topological polar surface area (TPSA) is 13.1 Å². The summed E-state index contributed by atoms with van der Waals surface area (Å²) in [6.45, 7) is 4.79. The van der Waals surface area contributed by atoms with E-state index in [0.29, 0.717) is 0 Å². The zero-order valence-electron chi connectivity index (χ0n) is 35.5. The Kier molecular flexibility index (Phi) is 7.24. The van der Waals surface area contributed by atoms with E-state index in [-0.39, 0.29) is 5.41 Å². The SMILES string of the molecule is CC1(C)c2ccc(-c3ccc4oc5ccc(-c6c7ccccc7c(-c7ccc8c(ccc9ccccc98)c7)c7ccccc67)cc5c4c3)cc2-c2c1c1ccccc1c1ccccc21. The second kappa shape index (κ2) is 13.0. The van der Waals surface area contributed by atoms with Crippen LogP contribution in [0.25, 0.3) is 131 Å². The van der Waals surface area contributed by atoms with Crippen LogP contribution in [0, 0.1) is 0 Å². The van der Waals surface area contributed by atoms with Crippen molar-refractivity contribution in [3.8, 4) is 44.5 Å². The normalized spacial score (nSPS) is 13.3. The molecule has 14 rings (SSSR count). The standard InChI is InChI=1S/C63H40O/c1-63(2)56-30-26-38(35-55(56)61-47-17-7-5-15-45(47)46-16-6-12-22-52(46)62(61)63)39-27-31-57-53(34-39)54-36-42(28-32-58(54)64-57)60-50-20-10-8-18-48(50)59(49-19-9-11-21-51(49)60)41-25-29-44-40(33-41)24-23-37-13-3-4-14-43(37)44/h3-36H,1-2H3. The zero-order valence-corrected chi connectivity index (χ0v) is 35.5. The quantitative estimate of drug-likeness (QED) is 0.128. The van der Waals surface area contributed by atoms with Crippen molar-refractivity contribution in [2.45, 2.75) is 19.3 Å². The Hall–Kier alpha value is -8.00. The smallest absolute Gasteiger partial charge is 0.135 e. The molecule has 0 unspecified atom stereocenters. The molecule has 1 nitrogen and oxygen atoms in total. The highest BCUT2D eigenvalue weighted by molar-refractivity contribution is 6.23. The van der Waals surface area contributed by atoms with E-state index in [1.54, 1.807) is 0 Å². The zero-order chi connectivity index (χ0) is 42.3. The summed E-state index contributed by atoms with van der Waals surface area (Å²) in [5.41, 5.74) is 14.5. The molecule has 0 saturated heterocycles. The van der Waals surface area contributed by atoms with Gasteiger partial charge in [-0.2, -0.15) is 0 Å². The molecule has 0 atom stereocenters. The van der Waals surface area contributed by atoms with Crippen molar-refractivity contribution in [1.82, 2.24) is 0 Å². The van der Waals surface area contributed by atoms with Crippen LogP contribution in [0.4, 0.5) is 0 Å². The Bertz CT molecular complexity index is 4100. The first-order chi connectivity index (χ1) is 31.5. The number of hydrogen-bond acceptors (Lipinski definition) is 1. The van der Waals surface area contributed by atoms with E-state index in [9.17, 15) is 0 Å². The number of fused-ring (bicyclic) bond motifs is 16. The van der Waals surface area contributed by atoms with E-state index in [1.165, 1.54) is 120 Å². The van der Waals surface area contributed by atoms with Crippen LogP contribution in [0.15, 0.2) is 211 Å². The number of furan rings is 1. The number of hydrogen-bond donors (Lipinski definition) is 0. The summed E-state index contributed by atoms with van der Waals surface area (Å²) >= 11 is 0. The third-order valence-electron chi connectivity index (χ3n) is 14.6. The molecular weight excluding hydrogens is 773 g/mol. The van der Waals surface area contributed by atoms with Gasteiger partial charge in [0.05, 0.1) is 0 Å². The second-order valence-electron chi connectivity index (χ2n) is 18.3. The van der Waals surface area contributed by atoms with Crippen molar-refractivity contribution in [3.05, 3.63) is 217 Å². The highest BCUT2D eigenvalue weighted by atomic mass is 16.3. The first-order valence-electron chi connectivity index (χ1n) is 22.4. The molecule has 12 aromatic carbocycles. The van der Waals surface area contributed by atoms with Gasteiger partial charge < -0.3 is 4.42 Å². The summed E-state index contributed by atoms with van der Waals surface area (Å²) in [6.07, 6.45) is 0. The monoisotopic (exact) mass is 812 g/mol. The van der Waals surface area contributed by atoms with Gasteiger partial charge in [-0.3, -0.25) is 0 Å². The van der Waals surface area contributed by atoms with Gasteiger partial charge in [0.1, 0.15) is 11.2 Å². The summed E-state index contributed by atoms with van der Waals surface area (Å²) < 4.78 is 6.58. The molecule has 0 aliphatic heterocycles. The van der Waals surface area contributed by atoms with Crippen LogP contribution < -0.4 is 0 Å². The maximum Gasteiger partial charge on any atom is 0.135 e. The lowest BCUT2D eigenvalue weighted by atomic mass is 9.79. The van der Waals surface area contributed by atoms with Gasteiger partial charge in [0, 0.05) is 16.2 Å². The first-order valence-corrected chi connectivity index (χ1v) is 22.4. The Balaban J connectivity index is 0.938. The third-order valence-corrected chi connectivity index (χ3v) is 14.6. The van der Waals surface area contributed by atoms with Gasteiger partial charge in [0.2, 0.25) is 0 Å². The predicted octanol–water partition coefficient (Wildman–Crippen LogP) is 17.8. The van der Waals surface area contributed by atoms with Crippen molar-refractivity contribution < 1.29 is 4.42 Å². The minimum atomic E-state index is -0.134. The van der Waals surface area contributed by atoms with Gasteiger partial charge in [0.25, 0.3) is 0 Å². The average Bonchev–Trinajstić information content (AvgIpc) is 3.83. The van der Waals surface area contributed by atoms with Gasteiger partial charge in [-0.25, -0.2) is 0 Å². The molecular formula is C63H40O. The predicted molar refractivity (Wildman–Crippen MR) is 273 cm³/mol. The molecule has 0 amide bonds. The lowest BCUT2D eigenvalue weighted by molar-refractivity contribution is 0.666. The summed E-state index contributed by atoms with van der Waals surface area (Å²) in [5, 5.41) is 17.6. The molecule has 0 spiro atoms. The summed E-state index contributed by atoms with van der Waals surface area (Å²) in [4.78, 5) is 0. The lowest BCUT2D eigenvalue weighted by Crippen LogP contribution is -2.15. The van der Waals surface area contributed by atoms with Gasteiger partial charge in [0.15, 0.2) is 0 Å². The highest BCUT2D eigenvalue weighted by Crippen LogP contribution is 2.55. The first kappa shape index (κ1) is 35.6. The van der Waals surface area contributed by atoms with Crippen molar-refractivity contribution in [2.75, 3.05) is 0 Å². The van der Waals surface area contributed by atoms with Gasteiger partial charge in [-0.1, -0.05) is 184 Å². The van der Waals surface area contributed by atoms with E-state index in [1.807, 2.05) is 0 Å². The molecule has 0 bridgehead atoms. The highest BCUT2D eigenvalue weighted by Gasteiger charge is 2.38. The average molecular weight is 813 g/mol. The van der Waals surface area contributed by atoms with Gasteiger partial charge >= 0.3 is 0 Å². The fourth-order valence-electron chi connectivity index (χ4n) is 11.7. The van der Waals surface area contributed by atoms with E-state index < -0.39 is 0 Å². The molecule has 0 saturated carbocycles. The van der Waals surface area contributed by atoms with E-state index >= 15 is 0 Å². The third kappa shape index (κ3) is 4.90. The van der Waals surface area contributed by atoms with Crippen LogP contribution in [0.3, 0.4) is 0 Å². The summed E-state index contributed by atoms with van der Waals surface area (Å²) in [7, 11) is 0. The van der Waals surface area contributed by atoms with Crippen LogP contribution in [-0.4, -0.2) is 0 Å². The summed E-state index contributed by atoms with van der Waals surface area (Å²) in [5.74, 6) is 0. The fourth-order valence-corrected chi connectivity index (χ4v) is 11.7. The van der Waals surface area contributed by atoms with Crippen molar-refractivity contribution in [3.63, 3.8) is 0 Å². The molecule has 298 valence electrons. The Labute approximate surface area is 370 Å². The minimum absolute atomic E-state index is 0.134. The van der Waals surface area contributed by atoms with Crippen molar-refractivity contribution in [2.24, 2.45) is 0 Å². The maximum absolute atomic E-state index is 6.58. The Morgan fingerprint density at radius 1 is 0.297 bits per heavy atom. The van der Waals surface area contributed by atoms with Crippen LogP contribution in [0.2, 0.25) is 0 Å². The van der Waals surface area contributed by atoms with Crippen molar-refractivity contribution >= 4 is 86.6 Å². The van der Waals surface area contributed by atoms with Crippen LogP contribution in [-0.2, 0) is 5.41 Å². The minimum Gasteiger partial charge on any atom is -0.456 e. The number of rotatable bonds is 3. The van der Waals surface area contributed by atoms with Crippen molar-refractivity contribution in [1.29, 1.82) is 0 Å². The molecule has 1 aliphatic carbocycles. The molecule has 1 heterocycles. The molecule has 1 aromatic heterocycles. The largest absolute Gasteiger partial charge is 0.456 e. The molecule has 1 heteroatoms. The van der Waals surface area contributed by atoms with Gasteiger partial charge in [-0.15, -0.1) is 0 Å². The van der Waals surface area contributed by atoms with Crippen LogP contribution in [0.5, 0.6) is 0 Å². The summed E-state index contributed by atoms with van der Waals surface area (Å²) in [6, 6.07) is 76.6. The molecule has 0 fully saturated rings. The van der Waals surface area contributed by atoms with E-state index in [2.05, 4.69) is 220 Å². The molecule has 1 aliphatic rings. The molecule has 64 heavy (non-hydrogen) atoms. The molecule has 0 N–H and O–H groups in total. The molecule has 0 radical (unpaired) electrons. The van der Waals surface area contributed by atoms with E-state index in [0.717, 1.165) is 21.9 Å². The second-order valence-corrected chi connectivity index (χ2v) is 18.3. The maximum atomic E-state index is 6.58. The fraction of sp³-hybridized carbons (Fsp3) is 0.0476. The van der Waals surface area contributed by atoms with Crippen LogP contribution in [0.1, 0.15) is 25.0 Å². The lowest BCUT2D eigenvalue weighted by Gasteiger charge is -2.24. The molecule has 13 aromatic rings. The number of benzene rings is 12. The Morgan fingerprint density at radius 3 is 1.39 bits per heavy atom. The van der Waals surface area contributed by atoms with Crippen LogP contribution >= 0.6 is 0 Å². The Morgan fingerprint density at radius 2 is 0.734 bits per heavy atom. The van der Waals surface area contributed by atoms with E-state index in [4.69, 9.17) is 4.42 Å².